The molecule has 72 valence electrons. The molecular formula is C10H12N4. The Morgan fingerprint density at radius 2 is 2.29 bits per heavy atom. The van der Waals surface area contributed by atoms with Crippen molar-refractivity contribution in [2.45, 2.75) is 25.3 Å². The number of pyridine rings is 1. The summed E-state index contributed by atoms with van der Waals surface area (Å²) in [7, 11) is 0. The molecular weight excluding hydrogens is 176 g/mol. The van der Waals surface area contributed by atoms with E-state index >= 15 is 0 Å². The van der Waals surface area contributed by atoms with Crippen molar-refractivity contribution in [2.24, 2.45) is 0 Å². The summed E-state index contributed by atoms with van der Waals surface area (Å²) in [6.45, 7) is 2.19. The zero-order valence-electron chi connectivity index (χ0n) is 8.07. The Kier molecular flexibility index (Phi) is 1.37. The smallest absolute Gasteiger partial charge is 0.243 e. The zero-order valence-corrected chi connectivity index (χ0v) is 8.07. The van der Waals surface area contributed by atoms with Crippen LogP contribution in [0.5, 0.6) is 0 Å². The van der Waals surface area contributed by atoms with Crippen molar-refractivity contribution in [3.63, 3.8) is 0 Å². The summed E-state index contributed by atoms with van der Waals surface area (Å²) in [6, 6.07) is 5.87. The molecule has 1 aliphatic carbocycles. The van der Waals surface area contributed by atoms with Gasteiger partial charge in [0.25, 0.3) is 0 Å². The van der Waals surface area contributed by atoms with Crippen LogP contribution < -0.4 is 5.32 Å². The Morgan fingerprint density at radius 3 is 3.00 bits per heavy atom. The second-order valence-electron chi connectivity index (χ2n) is 4.12. The van der Waals surface area contributed by atoms with Gasteiger partial charge >= 0.3 is 0 Å². The van der Waals surface area contributed by atoms with Crippen molar-refractivity contribution in [3.05, 3.63) is 24.4 Å². The predicted molar refractivity (Wildman–Crippen MR) is 54.2 cm³/mol. The molecule has 0 unspecified atom stereocenters. The lowest BCUT2D eigenvalue weighted by Gasteiger charge is -2.07. The highest BCUT2D eigenvalue weighted by molar-refractivity contribution is 5.44. The maximum atomic E-state index is 4.38. The summed E-state index contributed by atoms with van der Waals surface area (Å²) in [5, 5.41) is 7.67. The van der Waals surface area contributed by atoms with Crippen molar-refractivity contribution in [3.8, 4) is 0 Å². The van der Waals surface area contributed by atoms with Crippen molar-refractivity contribution in [1.29, 1.82) is 0 Å². The van der Waals surface area contributed by atoms with E-state index in [1.165, 1.54) is 12.8 Å². The van der Waals surface area contributed by atoms with Gasteiger partial charge in [-0.15, -0.1) is 5.10 Å². The molecule has 0 bridgehead atoms. The SMILES string of the molecule is CC1(Nc2nc3ccccn3n2)CC1. The first-order valence-corrected chi connectivity index (χ1v) is 4.85. The Hall–Kier alpha value is -1.58. The number of hydrogen-bond acceptors (Lipinski definition) is 3. The van der Waals surface area contributed by atoms with E-state index in [1.807, 2.05) is 24.4 Å². The van der Waals surface area contributed by atoms with E-state index in [-0.39, 0.29) is 5.54 Å². The van der Waals surface area contributed by atoms with Crippen molar-refractivity contribution >= 4 is 11.6 Å². The van der Waals surface area contributed by atoms with Crippen molar-refractivity contribution in [2.75, 3.05) is 5.32 Å². The van der Waals surface area contributed by atoms with Crippen LogP contribution >= 0.6 is 0 Å². The summed E-state index contributed by atoms with van der Waals surface area (Å²) in [5.41, 5.74) is 1.13. The molecule has 0 aliphatic heterocycles. The van der Waals surface area contributed by atoms with E-state index < -0.39 is 0 Å². The Balaban J connectivity index is 1.98. The number of anilines is 1. The van der Waals surface area contributed by atoms with Gasteiger partial charge in [-0.05, 0) is 31.9 Å². The van der Waals surface area contributed by atoms with Crippen LogP contribution in [0.25, 0.3) is 5.65 Å². The van der Waals surface area contributed by atoms with Crippen LogP contribution in [0.3, 0.4) is 0 Å². The normalized spacial score (nSPS) is 18.4. The van der Waals surface area contributed by atoms with E-state index in [9.17, 15) is 0 Å². The molecule has 1 fully saturated rings. The summed E-state index contributed by atoms with van der Waals surface area (Å²) in [5.74, 6) is 0.733. The Morgan fingerprint density at radius 1 is 1.43 bits per heavy atom. The minimum absolute atomic E-state index is 0.241. The average Bonchev–Trinajstić information content (AvgIpc) is 2.77. The van der Waals surface area contributed by atoms with Gasteiger partial charge in [-0.3, -0.25) is 0 Å². The number of nitrogens with zero attached hydrogens (tertiary/aromatic N) is 3. The van der Waals surface area contributed by atoms with Crippen LogP contribution in [0.15, 0.2) is 24.4 Å². The molecule has 0 atom stereocenters. The van der Waals surface area contributed by atoms with Gasteiger partial charge < -0.3 is 5.32 Å². The fourth-order valence-electron chi connectivity index (χ4n) is 1.47. The number of hydrogen-bond donors (Lipinski definition) is 1. The maximum absolute atomic E-state index is 4.38. The standard InChI is InChI=1S/C10H12N4/c1-10(5-6-10)12-9-11-8-4-2-3-7-14(8)13-9/h2-4,7H,5-6H2,1H3,(H,12,13). The summed E-state index contributed by atoms with van der Waals surface area (Å²) < 4.78 is 1.79. The Labute approximate surface area is 82.0 Å². The molecule has 1 saturated carbocycles. The topological polar surface area (TPSA) is 42.2 Å². The monoisotopic (exact) mass is 188 g/mol. The van der Waals surface area contributed by atoms with Gasteiger partial charge in [-0.1, -0.05) is 6.07 Å². The molecule has 3 rings (SSSR count). The van der Waals surface area contributed by atoms with Gasteiger partial charge in [0.1, 0.15) is 0 Å². The summed E-state index contributed by atoms with van der Waals surface area (Å²) in [4.78, 5) is 4.38. The minimum Gasteiger partial charge on any atom is -0.348 e. The van der Waals surface area contributed by atoms with Crippen LogP contribution in [0.1, 0.15) is 19.8 Å². The van der Waals surface area contributed by atoms with Crippen LogP contribution in [-0.2, 0) is 0 Å². The second kappa shape index (κ2) is 2.47. The molecule has 4 heteroatoms. The molecule has 0 saturated heterocycles. The van der Waals surface area contributed by atoms with Crippen LogP contribution in [-0.4, -0.2) is 20.1 Å². The van der Waals surface area contributed by atoms with E-state index in [0.29, 0.717) is 0 Å². The fourth-order valence-corrected chi connectivity index (χ4v) is 1.47. The first-order chi connectivity index (χ1) is 6.75. The van der Waals surface area contributed by atoms with E-state index in [4.69, 9.17) is 0 Å². The lowest BCUT2D eigenvalue weighted by molar-refractivity contribution is 0.806. The van der Waals surface area contributed by atoms with Gasteiger partial charge in [0, 0.05) is 11.7 Å². The van der Waals surface area contributed by atoms with Crippen LogP contribution in [0.2, 0.25) is 0 Å². The Bertz CT molecular complexity index is 437. The van der Waals surface area contributed by atoms with Crippen molar-refractivity contribution in [1.82, 2.24) is 14.6 Å². The van der Waals surface area contributed by atoms with Gasteiger partial charge in [-0.25, -0.2) is 4.52 Å². The maximum Gasteiger partial charge on any atom is 0.243 e. The van der Waals surface area contributed by atoms with Crippen LogP contribution in [0, 0.1) is 0 Å². The van der Waals surface area contributed by atoms with Gasteiger partial charge in [0.15, 0.2) is 5.65 Å². The molecule has 0 spiro atoms. The molecule has 0 amide bonds. The minimum atomic E-state index is 0.241. The van der Waals surface area contributed by atoms with Crippen LogP contribution in [0.4, 0.5) is 5.95 Å². The first-order valence-electron chi connectivity index (χ1n) is 4.85. The first kappa shape index (κ1) is 7.79. The number of nitrogens with one attached hydrogen (secondary N) is 1. The lowest BCUT2D eigenvalue weighted by atomic mass is 10.3. The molecule has 1 aliphatic rings. The van der Waals surface area contributed by atoms with Crippen molar-refractivity contribution < 1.29 is 0 Å². The molecule has 0 aromatic carbocycles. The summed E-state index contributed by atoms with van der Waals surface area (Å²) in [6.07, 6.45) is 4.33. The van der Waals surface area contributed by atoms with Gasteiger partial charge in [0.05, 0.1) is 0 Å². The lowest BCUT2D eigenvalue weighted by Crippen LogP contribution is -2.16. The molecule has 2 aromatic heterocycles. The highest BCUT2D eigenvalue weighted by Crippen LogP contribution is 2.37. The molecule has 0 radical (unpaired) electrons. The van der Waals surface area contributed by atoms with Gasteiger partial charge in [-0.2, -0.15) is 4.98 Å². The quantitative estimate of drug-likeness (QED) is 0.779. The van der Waals surface area contributed by atoms with E-state index in [0.717, 1.165) is 11.6 Å². The third kappa shape index (κ3) is 1.23. The number of fused-ring (bicyclic) bond motifs is 1. The van der Waals surface area contributed by atoms with E-state index in [1.54, 1.807) is 4.52 Å². The zero-order chi connectivity index (χ0) is 9.60. The third-order valence-electron chi connectivity index (χ3n) is 2.65. The molecule has 2 aromatic rings. The fraction of sp³-hybridized carbons (Fsp3) is 0.400. The number of rotatable bonds is 2. The second-order valence-corrected chi connectivity index (χ2v) is 4.12. The highest BCUT2D eigenvalue weighted by Gasteiger charge is 2.38. The average molecular weight is 188 g/mol. The largest absolute Gasteiger partial charge is 0.348 e. The highest BCUT2D eigenvalue weighted by atomic mass is 15.4. The molecule has 14 heavy (non-hydrogen) atoms. The van der Waals surface area contributed by atoms with E-state index in [2.05, 4.69) is 22.3 Å². The predicted octanol–water partition coefficient (Wildman–Crippen LogP) is 1.69. The molecule has 2 heterocycles. The summed E-state index contributed by atoms with van der Waals surface area (Å²) >= 11 is 0. The van der Waals surface area contributed by atoms with Gasteiger partial charge in [0.2, 0.25) is 5.95 Å². The molecule has 1 N–H and O–H groups in total. The molecule has 4 nitrogen and oxygen atoms in total. The number of aromatic nitrogens is 3. The third-order valence-corrected chi connectivity index (χ3v) is 2.65.